The number of ether oxygens (including phenoxy) is 1. The molecule has 3 atom stereocenters. The molecule has 158 valence electrons. The summed E-state index contributed by atoms with van der Waals surface area (Å²) in [5.41, 5.74) is 1.70. The van der Waals surface area contributed by atoms with Gasteiger partial charge in [0, 0.05) is 35.9 Å². The molecule has 1 saturated heterocycles. The van der Waals surface area contributed by atoms with Crippen LogP contribution in [0.4, 0.5) is 23.2 Å². The number of benzene rings is 2. The van der Waals surface area contributed by atoms with Crippen LogP contribution in [0.3, 0.4) is 0 Å². The molecule has 0 spiro atoms. The van der Waals surface area contributed by atoms with E-state index in [1.54, 1.807) is 18.2 Å². The standard InChI is InChI=1S/C21H20F4N4O/c22-13-8-9-28(10-13)18-12-30-19-7-2-1-4-14(19)20(18)26-16-5-3-6-17-15(16)11-29(27-17)21(23,24)25/h1-7,11,13,18,20,26H,8-10,12H2/t13-,18-,20-/m0/s1. The first-order valence-corrected chi connectivity index (χ1v) is 9.82. The van der Waals surface area contributed by atoms with Gasteiger partial charge in [-0.15, -0.1) is 13.2 Å². The molecular formula is C21H20F4N4O. The van der Waals surface area contributed by atoms with E-state index < -0.39 is 12.5 Å². The Morgan fingerprint density at radius 3 is 2.70 bits per heavy atom. The summed E-state index contributed by atoms with van der Waals surface area (Å²) in [6.07, 6.45) is -4.00. The van der Waals surface area contributed by atoms with Crippen LogP contribution < -0.4 is 10.1 Å². The second-order valence-corrected chi connectivity index (χ2v) is 7.70. The van der Waals surface area contributed by atoms with Crippen LogP contribution in [0.5, 0.6) is 5.75 Å². The SMILES string of the molecule is F[C@H]1CCN([C@H]2COc3ccccc3[C@@H]2Nc2cccc3nn(C(F)(F)F)cc23)C1. The first-order chi connectivity index (χ1) is 14.4. The molecule has 9 heteroatoms. The highest BCUT2D eigenvalue weighted by atomic mass is 19.4. The van der Waals surface area contributed by atoms with E-state index in [1.165, 1.54) is 0 Å². The molecule has 2 aromatic carbocycles. The van der Waals surface area contributed by atoms with E-state index in [4.69, 9.17) is 4.74 Å². The number of hydrogen-bond acceptors (Lipinski definition) is 4. The average molecular weight is 420 g/mol. The number of hydrogen-bond donors (Lipinski definition) is 1. The minimum atomic E-state index is -4.59. The maximum atomic E-state index is 13.9. The van der Waals surface area contributed by atoms with Crippen molar-refractivity contribution >= 4 is 16.6 Å². The Morgan fingerprint density at radius 1 is 1.10 bits per heavy atom. The van der Waals surface area contributed by atoms with Gasteiger partial charge >= 0.3 is 6.30 Å². The minimum absolute atomic E-state index is 0.0203. The van der Waals surface area contributed by atoms with Crippen molar-refractivity contribution in [2.45, 2.75) is 31.0 Å². The van der Waals surface area contributed by atoms with Crippen LogP contribution in [-0.4, -0.2) is 46.6 Å². The zero-order valence-electron chi connectivity index (χ0n) is 15.9. The van der Waals surface area contributed by atoms with Crippen LogP contribution in [0.1, 0.15) is 18.0 Å². The predicted octanol–water partition coefficient (Wildman–Crippen LogP) is 4.47. The Labute approximate surface area is 170 Å². The number of rotatable bonds is 3. The first kappa shape index (κ1) is 19.2. The zero-order chi connectivity index (χ0) is 20.9. The second kappa shape index (κ2) is 7.16. The fourth-order valence-corrected chi connectivity index (χ4v) is 4.35. The topological polar surface area (TPSA) is 42.3 Å². The summed E-state index contributed by atoms with van der Waals surface area (Å²) < 4.78 is 59.2. The number of nitrogens with one attached hydrogen (secondary N) is 1. The molecule has 3 aromatic rings. The van der Waals surface area contributed by atoms with Crippen LogP contribution >= 0.6 is 0 Å². The Bertz CT molecular complexity index is 1070. The molecule has 0 unspecified atom stereocenters. The molecule has 1 aromatic heterocycles. The van der Waals surface area contributed by atoms with Gasteiger partial charge in [0.15, 0.2) is 0 Å². The Morgan fingerprint density at radius 2 is 1.93 bits per heavy atom. The summed E-state index contributed by atoms with van der Waals surface area (Å²) >= 11 is 0. The van der Waals surface area contributed by atoms with Gasteiger partial charge in [-0.1, -0.05) is 24.3 Å². The highest BCUT2D eigenvalue weighted by molar-refractivity contribution is 5.91. The molecule has 1 N–H and O–H groups in total. The van der Waals surface area contributed by atoms with Gasteiger partial charge in [-0.25, -0.2) is 4.39 Å². The molecule has 5 rings (SSSR count). The molecule has 2 aliphatic rings. The van der Waals surface area contributed by atoms with Crippen molar-refractivity contribution in [3.63, 3.8) is 0 Å². The van der Waals surface area contributed by atoms with Crippen LogP contribution in [0.2, 0.25) is 0 Å². The Hall–Kier alpha value is -2.81. The van der Waals surface area contributed by atoms with Crippen LogP contribution in [0.25, 0.3) is 10.9 Å². The molecule has 3 heterocycles. The highest BCUT2D eigenvalue weighted by Gasteiger charge is 2.39. The number of nitrogens with zero attached hydrogens (tertiary/aromatic N) is 3. The molecule has 30 heavy (non-hydrogen) atoms. The number of likely N-dealkylation sites (tertiary alicyclic amines) is 1. The summed E-state index contributed by atoms with van der Waals surface area (Å²) in [7, 11) is 0. The molecule has 5 nitrogen and oxygen atoms in total. The Kier molecular flexibility index (Phi) is 4.57. The van der Waals surface area contributed by atoms with E-state index in [9.17, 15) is 17.6 Å². The van der Waals surface area contributed by atoms with Gasteiger partial charge in [-0.2, -0.15) is 9.78 Å². The maximum Gasteiger partial charge on any atom is 0.504 e. The van der Waals surface area contributed by atoms with Gasteiger partial charge in [0.2, 0.25) is 0 Å². The van der Waals surface area contributed by atoms with Crippen molar-refractivity contribution in [1.29, 1.82) is 0 Å². The van der Waals surface area contributed by atoms with E-state index >= 15 is 0 Å². The third-order valence-electron chi connectivity index (χ3n) is 5.80. The van der Waals surface area contributed by atoms with Gasteiger partial charge in [0.05, 0.1) is 17.6 Å². The van der Waals surface area contributed by atoms with E-state index in [2.05, 4.69) is 15.3 Å². The van der Waals surface area contributed by atoms with E-state index in [1.807, 2.05) is 24.3 Å². The molecule has 2 aliphatic heterocycles. The van der Waals surface area contributed by atoms with E-state index in [0.717, 1.165) is 17.5 Å². The number of halogens is 4. The lowest BCUT2D eigenvalue weighted by atomic mass is 9.94. The third kappa shape index (κ3) is 3.36. The quantitative estimate of drug-likeness (QED) is 0.635. The minimum Gasteiger partial charge on any atom is -0.491 e. The summed E-state index contributed by atoms with van der Waals surface area (Å²) in [6, 6.07) is 12.1. The third-order valence-corrected chi connectivity index (χ3v) is 5.80. The molecule has 1 fully saturated rings. The lowest BCUT2D eigenvalue weighted by Crippen LogP contribution is -2.47. The average Bonchev–Trinajstić information content (AvgIpc) is 3.35. The number of alkyl halides is 4. The van der Waals surface area contributed by atoms with E-state index in [0.29, 0.717) is 37.2 Å². The van der Waals surface area contributed by atoms with E-state index in [-0.39, 0.29) is 22.3 Å². The van der Waals surface area contributed by atoms with Gasteiger partial charge in [0.1, 0.15) is 18.5 Å². The largest absolute Gasteiger partial charge is 0.504 e. The molecule has 0 saturated carbocycles. The van der Waals surface area contributed by atoms with Crippen molar-refractivity contribution in [3.8, 4) is 5.75 Å². The van der Waals surface area contributed by atoms with Gasteiger partial charge in [-0.3, -0.25) is 4.90 Å². The van der Waals surface area contributed by atoms with Crippen LogP contribution in [-0.2, 0) is 6.30 Å². The van der Waals surface area contributed by atoms with Gasteiger partial charge < -0.3 is 10.1 Å². The van der Waals surface area contributed by atoms with Crippen molar-refractivity contribution in [2.75, 3.05) is 25.0 Å². The smallest absolute Gasteiger partial charge is 0.491 e. The van der Waals surface area contributed by atoms with Crippen molar-refractivity contribution in [1.82, 2.24) is 14.7 Å². The maximum absolute atomic E-state index is 13.9. The molecule has 0 amide bonds. The van der Waals surface area contributed by atoms with Gasteiger partial charge in [-0.05, 0) is 24.6 Å². The second-order valence-electron chi connectivity index (χ2n) is 7.70. The number of anilines is 1. The zero-order valence-corrected chi connectivity index (χ0v) is 15.9. The Balaban J connectivity index is 1.54. The number of fused-ring (bicyclic) bond motifs is 2. The summed E-state index contributed by atoms with van der Waals surface area (Å²) in [6.45, 7) is 1.31. The van der Waals surface area contributed by atoms with Crippen molar-refractivity contribution in [2.24, 2.45) is 0 Å². The summed E-state index contributed by atoms with van der Waals surface area (Å²) in [4.78, 5) is 2.05. The highest BCUT2D eigenvalue weighted by Crippen LogP contribution is 2.39. The monoisotopic (exact) mass is 420 g/mol. The van der Waals surface area contributed by atoms with Crippen molar-refractivity contribution in [3.05, 3.63) is 54.2 Å². The molecular weight excluding hydrogens is 400 g/mol. The first-order valence-electron chi connectivity index (χ1n) is 9.82. The fourth-order valence-electron chi connectivity index (χ4n) is 4.35. The lowest BCUT2D eigenvalue weighted by molar-refractivity contribution is -0.211. The predicted molar refractivity (Wildman–Crippen MR) is 104 cm³/mol. The summed E-state index contributed by atoms with van der Waals surface area (Å²) in [5, 5.41) is 7.45. The van der Waals surface area contributed by atoms with Gasteiger partial charge in [0.25, 0.3) is 0 Å². The fraction of sp³-hybridized carbons (Fsp3) is 0.381. The molecule has 0 bridgehead atoms. The number of aromatic nitrogens is 2. The normalized spacial score (nSPS) is 24.6. The number of para-hydroxylation sites is 1. The molecule has 0 aliphatic carbocycles. The summed E-state index contributed by atoms with van der Waals surface area (Å²) in [5.74, 6) is 0.723. The van der Waals surface area contributed by atoms with Crippen molar-refractivity contribution < 1.29 is 22.3 Å². The molecule has 0 radical (unpaired) electrons. The lowest BCUT2D eigenvalue weighted by Gasteiger charge is -2.39. The van der Waals surface area contributed by atoms with Crippen LogP contribution in [0.15, 0.2) is 48.7 Å². The van der Waals surface area contributed by atoms with Crippen LogP contribution in [0, 0.1) is 0 Å².